The van der Waals surface area contributed by atoms with Crippen LogP contribution in [0.15, 0.2) is 142 Å². The van der Waals surface area contributed by atoms with Crippen molar-refractivity contribution >= 4 is 0 Å². The molecule has 0 amide bonds. The molecule has 0 spiro atoms. The molecule has 0 bridgehead atoms. The summed E-state index contributed by atoms with van der Waals surface area (Å²) < 4.78 is 78.3. The van der Waals surface area contributed by atoms with Crippen LogP contribution in [0.4, 0.5) is 0 Å². The minimum Gasteiger partial charge on any atom is -0.388 e. The fraction of sp³-hybridized carbons (Fsp3) is 0.538. The molecule has 8 rings (SSSR count). The van der Waals surface area contributed by atoms with E-state index in [2.05, 4.69) is 40.1 Å². The molecule has 408 valence electrons. The van der Waals surface area contributed by atoms with Gasteiger partial charge in [-0.1, -0.05) is 142 Å². The van der Waals surface area contributed by atoms with Crippen molar-refractivity contribution < 1.29 is 61.9 Å². The van der Waals surface area contributed by atoms with Crippen molar-refractivity contribution in [3.8, 4) is 0 Å². The SMILES string of the molecule is CO[C@@]1(C)O[C@@H]2[C@@H](N=[N+]=[N-])[C@@H](O[C@H]3[C@H](O)[C@@H](O[C@H]4O[C@H](COCc5ccccc5)[C@@H](OCc5ccccc5)[C@H](OCc5ccccc5)[C@@H]4OCc4ccccc4)[C@H](N=[N+]=[N-])C[C@@H]3N=[N+]=[N-])O[C@H](CN=[N+]=[N-])[C@H]2O[C@]1(C)OC. The Labute approximate surface area is 443 Å². The van der Waals surface area contributed by atoms with Crippen LogP contribution in [-0.2, 0) is 83.3 Å². The van der Waals surface area contributed by atoms with Crippen LogP contribution in [0.5, 0.6) is 0 Å². The van der Waals surface area contributed by atoms with Crippen molar-refractivity contribution in [3.05, 3.63) is 185 Å². The number of hydrogen-bond acceptors (Lipinski definition) is 17. The smallest absolute Gasteiger partial charge is 0.220 e. The predicted octanol–water partition coefficient (Wildman–Crippen LogP) is 8.80. The molecule has 1 aliphatic carbocycles. The highest BCUT2D eigenvalue weighted by molar-refractivity contribution is 5.17. The second-order valence-electron chi connectivity index (χ2n) is 18.9. The summed E-state index contributed by atoms with van der Waals surface area (Å²) in [6.45, 7) is 3.33. The molecule has 3 aliphatic heterocycles. The first-order chi connectivity index (χ1) is 37.5. The van der Waals surface area contributed by atoms with Gasteiger partial charge in [-0.3, -0.25) is 0 Å². The van der Waals surface area contributed by atoms with Crippen LogP contribution < -0.4 is 0 Å². The molecular weight excluding hydrogens is 1000 g/mol. The molecular formula is C52H62N12O13. The maximum atomic E-state index is 12.8. The van der Waals surface area contributed by atoms with E-state index in [1.54, 1.807) is 13.8 Å². The van der Waals surface area contributed by atoms with Gasteiger partial charge in [-0.2, -0.15) is 0 Å². The first-order valence-electron chi connectivity index (χ1n) is 25.0. The Morgan fingerprint density at radius 2 is 0.974 bits per heavy atom. The molecule has 4 aliphatic rings. The van der Waals surface area contributed by atoms with Crippen molar-refractivity contribution in [2.24, 2.45) is 20.5 Å². The lowest BCUT2D eigenvalue weighted by atomic mass is 9.84. The van der Waals surface area contributed by atoms with E-state index in [1.807, 2.05) is 121 Å². The van der Waals surface area contributed by atoms with E-state index in [1.165, 1.54) is 14.2 Å². The molecule has 4 fully saturated rings. The van der Waals surface area contributed by atoms with Gasteiger partial charge < -0.3 is 61.9 Å². The Morgan fingerprint density at radius 3 is 1.45 bits per heavy atom. The molecule has 25 heteroatoms. The first-order valence-corrected chi connectivity index (χ1v) is 25.0. The van der Waals surface area contributed by atoms with Gasteiger partial charge in [-0.25, -0.2) is 0 Å². The van der Waals surface area contributed by atoms with Crippen molar-refractivity contribution in [1.29, 1.82) is 0 Å². The largest absolute Gasteiger partial charge is 0.388 e. The molecule has 3 saturated heterocycles. The Balaban J connectivity index is 1.17. The lowest BCUT2D eigenvalue weighted by Crippen LogP contribution is -2.73. The van der Waals surface area contributed by atoms with Crippen LogP contribution in [0.2, 0.25) is 0 Å². The minimum atomic E-state index is -1.81. The highest BCUT2D eigenvalue weighted by Gasteiger charge is 2.63. The number of fused-ring (bicyclic) bond motifs is 1. The molecule has 0 unspecified atom stereocenters. The average Bonchev–Trinajstić information content (AvgIpc) is 3.47. The second kappa shape index (κ2) is 27.3. The van der Waals surface area contributed by atoms with Gasteiger partial charge in [0.25, 0.3) is 0 Å². The Morgan fingerprint density at radius 1 is 0.532 bits per heavy atom. The van der Waals surface area contributed by atoms with Gasteiger partial charge in [0.05, 0.1) is 70.0 Å². The summed E-state index contributed by atoms with van der Waals surface area (Å²) in [5, 5.41) is 28.6. The van der Waals surface area contributed by atoms with Crippen molar-refractivity contribution in [1.82, 2.24) is 0 Å². The van der Waals surface area contributed by atoms with Crippen LogP contribution >= 0.6 is 0 Å². The average molecular weight is 1060 g/mol. The van der Waals surface area contributed by atoms with Crippen molar-refractivity contribution in [2.45, 2.75) is 150 Å². The third kappa shape index (κ3) is 13.7. The van der Waals surface area contributed by atoms with Gasteiger partial charge in [-0.05, 0) is 64.6 Å². The van der Waals surface area contributed by atoms with E-state index in [0.29, 0.717) is 0 Å². The van der Waals surface area contributed by atoms with E-state index in [0.717, 1.165) is 22.3 Å². The summed E-state index contributed by atoms with van der Waals surface area (Å²) in [5.74, 6) is -3.17. The molecule has 4 aromatic carbocycles. The third-order valence-corrected chi connectivity index (χ3v) is 14.2. The number of azide groups is 4. The molecule has 25 nitrogen and oxygen atoms in total. The summed E-state index contributed by atoms with van der Waals surface area (Å²) in [7, 11) is 2.76. The first kappa shape index (κ1) is 56.8. The zero-order chi connectivity index (χ0) is 54.2. The number of benzene rings is 4. The predicted molar refractivity (Wildman–Crippen MR) is 272 cm³/mol. The Kier molecular flexibility index (Phi) is 20.1. The number of rotatable bonds is 24. The summed E-state index contributed by atoms with van der Waals surface area (Å²) in [6, 6.07) is 34.4. The normalized spacial score (nSPS) is 33.7. The topological polar surface area (TPSA) is 326 Å². The van der Waals surface area contributed by atoms with Gasteiger partial charge in [0.1, 0.15) is 48.8 Å². The van der Waals surface area contributed by atoms with Gasteiger partial charge in [0.2, 0.25) is 11.6 Å². The summed E-state index contributed by atoms with van der Waals surface area (Å²) in [6.07, 6.45) is -15.4. The van der Waals surface area contributed by atoms with Crippen LogP contribution in [0.25, 0.3) is 41.8 Å². The van der Waals surface area contributed by atoms with Gasteiger partial charge in [-0.15, -0.1) is 0 Å². The molecule has 77 heavy (non-hydrogen) atoms. The lowest BCUT2D eigenvalue weighted by Gasteiger charge is -2.57. The molecule has 1 saturated carbocycles. The van der Waals surface area contributed by atoms with Gasteiger partial charge in [0, 0.05) is 33.9 Å². The molecule has 0 radical (unpaired) electrons. The number of ether oxygens (including phenoxy) is 12. The number of aliphatic hydroxyl groups excluding tert-OH is 1. The van der Waals surface area contributed by atoms with Crippen LogP contribution in [0.1, 0.15) is 42.5 Å². The maximum Gasteiger partial charge on any atom is 0.220 e. The van der Waals surface area contributed by atoms with E-state index in [-0.39, 0.29) is 46.0 Å². The molecule has 4 aromatic rings. The highest BCUT2D eigenvalue weighted by atomic mass is 16.8. The summed E-state index contributed by atoms with van der Waals surface area (Å²) in [4.78, 5) is 12.1. The van der Waals surface area contributed by atoms with Crippen LogP contribution in [-0.4, -0.2) is 136 Å². The zero-order valence-electron chi connectivity index (χ0n) is 42.9. The maximum absolute atomic E-state index is 12.8. The zero-order valence-corrected chi connectivity index (χ0v) is 42.9. The quantitative estimate of drug-likeness (QED) is 0.0390. The molecule has 17 atom stereocenters. The number of hydrogen-bond donors (Lipinski definition) is 1. The lowest BCUT2D eigenvalue weighted by molar-refractivity contribution is -0.471. The fourth-order valence-corrected chi connectivity index (χ4v) is 9.95. The van der Waals surface area contributed by atoms with E-state index >= 15 is 0 Å². The monoisotopic (exact) mass is 1060 g/mol. The van der Waals surface area contributed by atoms with Crippen LogP contribution in [0, 0.1) is 0 Å². The van der Waals surface area contributed by atoms with Crippen LogP contribution in [0.3, 0.4) is 0 Å². The molecule has 3 heterocycles. The van der Waals surface area contributed by atoms with E-state index in [9.17, 15) is 27.2 Å². The molecule has 0 aromatic heterocycles. The van der Waals surface area contributed by atoms with E-state index in [4.69, 9.17) is 56.8 Å². The van der Waals surface area contributed by atoms with E-state index < -0.39 is 103 Å². The summed E-state index contributed by atoms with van der Waals surface area (Å²) >= 11 is 0. The Bertz CT molecular complexity index is 2690. The number of methoxy groups -OCH3 is 2. The fourth-order valence-electron chi connectivity index (χ4n) is 9.95. The molecule has 1 N–H and O–H groups in total. The second-order valence-corrected chi connectivity index (χ2v) is 18.9. The van der Waals surface area contributed by atoms with Crippen molar-refractivity contribution in [3.63, 3.8) is 0 Å². The Hall–Kier alpha value is -6.40. The number of aliphatic hydroxyl groups is 1. The van der Waals surface area contributed by atoms with Gasteiger partial charge >= 0.3 is 0 Å². The number of nitrogens with zero attached hydrogens (tertiary/aromatic N) is 12. The standard InChI is InChI=1S/C52H62N12O13/c1-51(66-3)52(2,67-4)77-46-40(60-64-56)49(72-38(26-57-61-53)45(46)76-51)74-42-36(58-62-54)25-37(59-63-55)43(41(42)65)75-50-48(71-30-35-23-15-8-16-24-35)47(70-29-34-21-13-7-14-22-34)44(69-28-33-19-11-6-12-20-33)39(73-50)31-68-27-32-17-9-5-10-18-32/h5-24,36-50,65H,25-31H2,1-4H3/t36-,37+,38+,39+,40+,41-,42+,43-,44+,45+,46+,47-,48-,49+,50+,51-,52-/m0/s1. The summed E-state index contributed by atoms with van der Waals surface area (Å²) in [5.41, 5.74) is 42.8. The highest BCUT2D eigenvalue weighted by Crippen LogP contribution is 2.46. The minimum absolute atomic E-state index is 0.0288. The van der Waals surface area contributed by atoms with Crippen molar-refractivity contribution in [2.75, 3.05) is 27.4 Å². The third-order valence-electron chi connectivity index (χ3n) is 14.2. The van der Waals surface area contributed by atoms with Gasteiger partial charge in [0.15, 0.2) is 12.6 Å².